The first-order chi connectivity index (χ1) is 14.9. The van der Waals surface area contributed by atoms with E-state index >= 15 is 4.39 Å². The zero-order chi connectivity index (χ0) is 21.6. The highest BCUT2D eigenvalue weighted by Crippen LogP contribution is 2.56. The van der Waals surface area contributed by atoms with Crippen molar-refractivity contribution < 1.29 is 13.9 Å². The molecule has 1 heterocycles. The topological polar surface area (TPSA) is 38.0 Å². The van der Waals surface area contributed by atoms with Crippen LogP contribution in [-0.4, -0.2) is 26.7 Å². The van der Waals surface area contributed by atoms with Crippen molar-refractivity contribution in [1.29, 1.82) is 0 Å². The van der Waals surface area contributed by atoms with Crippen LogP contribution in [-0.2, 0) is 12.8 Å². The van der Waals surface area contributed by atoms with E-state index in [0.29, 0.717) is 25.7 Å². The minimum atomic E-state index is -1.72. The minimum absolute atomic E-state index is 0.294. The number of nitrogens with zero attached hydrogens (tertiary/aromatic N) is 2. The standard InChI is InChI=1S/C26H26F2N2O/c1-25-16-19-17-29-30(22-11-9-21(27)10-12-22)23(19)15-20(25)8-5-13-26(25,28)24(31)14-18-6-3-2-4-7-18/h2-4,6-7,9-12,15,17,24,31H,5,8,13-14,16H2,1H3/t24?,25-,26-/m0/s1. The lowest BCUT2D eigenvalue weighted by atomic mass is 9.56. The first kappa shape index (κ1) is 20.1. The number of hydrogen-bond acceptors (Lipinski definition) is 2. The van der Waals surface area contributed by atoms with Crippen molar-refractivity contribution in [3.05, 3.63) is 89.0 Å². The molecule has 1 aromatic heterocycles. The normalized spacial score (nSPS) is 26.0. The Kier molecular flexibility index (Phi) is 4.82. The molecule has 0 spiro atoms. The number of benzene rings is 2. The molecule has 3 atom stereocenters. The van der Waals surface area contributed by atoms with Crippen LogP contribution >= 0.6 is 0 Å². The van der Waals surface area contributed by atoms with Gasteiger partial charge in [0.05, 0.1) is 23.7 Å². The lowest BCUT2D eigenvalue weighted by Crippen LogP contribution is -2.57. The highest BCUT2D eigenvalue weighted by molar-refractivity contribution is 5.62. The molecule has 0 amide bonds. The summed E-state index contributed by atoms with van der Waals surface area (Å²) in [5, 5.41) is 15.6. The largest absolute Gasteiger partial charge is 0.389 e. The highest BCUT2D eigenvalue weighted by Gasteiger charge is 2.58. The summed E-state index contributed by atoms with van der Waals surface area (Å²) in [7, 11) is 0. The van der Waals surface area contributed by atoms with Crippen molar-refractivity contribution in [1.82, 2.24) is 9.78 Å². The van der Waals surface area contributed by atoms with Gasteiger partial charge in [-0.25, -0.2) is 13.5 Å². The van der Waals surface area contributed by atoms with E-state index in [2.05, 4.69) is 5.10 Å². The third kappa shape index (κ3) is 3.23. The van der Waals surface area contributed by atoms with Gasteiger partial charge >= 0.3 is 0 Å². The number of allylic oxidation sites excluding steroid dienone is 1. The number of hydrogen-bond donors (Lipinski definition) is 1. The molecule has 1 saturated carbocycles. The fourth-order valence-electron chi connectivity index (χ4n) is 5.40. The molecule has 2 aliphatic rings. The van der Waals surface area contributed by atoms with Crippen molar-refractivity contribution in [3.8, 4) is 5.69 Å². The van der Waals surface area contributed by atoms with Gasteiger partial charge in [-0.15, -0.1) is 0 Å². The summed E-state index contributed by atoms with van der Waals surface area (Å²) in [6, 6.07) is 15.8. The quantitative estimate of drug-likeness (QED) is 0.609. The summed E-state index contributed by atoms with van der Waals surface area (Å²) in [4.78, 5) is 0. The summed E-state index contributed by atoms with van der Waals surface area (Å²) < 4.78 is 31.8. The van der Waals surface area contributed by atoms with Crippen molar-refractivity contribution >= 4 is 6.08 Å². The first-order valence-electron chi connectivity index (χ1n) is 10.9. The number of fused-ring (bicyclic) bond motifs is 2. The van der Waals surface area contributed by atoms with Gasteiger partial charge in [-0.2, -0.15) is 5.10 Å². The number of alkyl halides is 1. The molecule has 3 nitrogen and oxygen atoms in total. The third-order valence-corrected chi connectivity index (χ3v) is 7.23. The molecule has 1 N–H and O–H groups in total. The maximum Gasteiger partial charge on any atom is 0.146 e. The fraction of sp³-hybridized carbons (Fsp3) is 0.346. The summed E-state index contributed by atoms with van der Waals surface area (Å²) in [5.74, 6) is -0.294. The zero-order valence-corrected chi connectivity index (χ0v) is 17.6. The average Bonchev–Trinajstić information content (AvgIpc) is 3.16. The van der Waals surface area contributed by atoms with E-state index in [9.17, 15) is 9.50 Å². The SMILES string of the molecule is C[C@]12Cc3cnn(-c4ccc(F)cc4)c3C=C1CCC[C@]2(F)C(O)Cc1ccccc1. The number of rotatable bonds is 4. The van der Waals surface area contributed by atoms with Gasteiger partial charge in [0.1, 0.15) is 11.5 Å². The number of aliphatic hydroxyl groups is 1. The predicted octanol–water partition coefficient (Wildman–Crippen LogP) is 5.45. The van der Waals surface area contributed by atoms with Crippen molar-refractivity contribution in [2.24, 2.45) is 5.41 Å². The Bertz CT molecular complexity index is 1120. The smallest absolute Gasteiger partial charge is 0.146 e. The van der Waals surface area contributed by atoms with Gasteiger partial charge in [0.25, 0.3) is 0 Å². The van der Waals surface area contributed by atoms with Crippen LogP contribution in [0.1, 0.15) is 43.0 Å². The number of aromatic nitrogens is 2. The van der Waals surface area contributed by atoms with Gasteiger partial charge in [-0.3, -0.25) is 0 Å². The summed E-state index contributed by atoms with van der Waals surface area (Å²) >= 11 is 0. The molecule has 160 valence electrons. The molecule has 3 aromatic rings. The van der Waals surface area contributed by atoms with Gasteiger partial charge in [0.15, 0.2) is 0 Å². The van der Waals surface area contributed by atoms with E-state index in [-0.39, 0.29) is 5.82 Å². The second kappa shape index (κ2) is 7.41. The van der Waals surface area contributed by atoms with E-state index in [0.717, 1.165) is 34.5 Å². The monoisotopic (exact) mass is 420 g/mol. The Morgan fingerprint density at radius 3 is 2.61 bits per heavy atom. The van der Waals surface area contributed by atoms with E-state index < -0.39 is 17.2 Å². The number of aliphatic hydroxyl groups excluding tert-OH is 1. The Labute approximate surface area is 181 Å². The van der Waals surface area contributed by atoms with Gasteiger partial charge in [0.2, 0.25) is 0 Å². The Balaban J connectivity index is 1.51. The summed E-state index contributed by atoms with van der Waals surface area (Å²) in [6.45, 7) is 1.95. The minimum Gasteiger partial charge on any atom is -0.389 e. The lowest BCUT2D eigenvalue weighted by Gasteiger charge is -2.52. The molecule has 1 unspecified atom stereocenters. The molecule has 2 aliphatic carbocycles. The van der Waals surface area contributed by atoms with Crippen molar-refractivity contribution in [2.45, 2.75) is 50.8 Å². The molecule has 5 rings (SSSR count). The van der Waals surface area contributed by atoms with E-state index in [4.69, 9.17) is 0 Å². The molecule has 31 heavy (non-hydrogen) atoms. The summed E-state index contributed by atoms with van der Waals surface area (Å²) in [6.07, 6.45) is 5.35. The van der Waals surface area contributed by atoms with Gasteiger partial charge in [0, 0.05) is 11.8 Å². The maximum atomic E-state index is 16.7. The van der Waals surface area contributed by atoms with Gasteiger partial charge in [-0.05, 0) is 67.2 Å². The Hall–Kier alpha value is -2.79. The van der Waals surface area contributed by atoms with Crippen LogP contribution < -0.4 is 0 Å². The number of halogens is 2. The van der Waals surface area contributed by atoms with Crippen LogP contribution in [0.25, 0.3) is 11.8 Å². The van der Waals surface area contributed by atoms with Crippen molar-refractivity contribution in [2.75, 3.05) is 0 Å². The lowest BCUT2D eigenvalue weighted by molar-refractivity contribution is -0.0975. The fourth-order valence-corrected chi connectivity index (χ4v) is 5.40. The molecule has 2 aromatic carbocycles. The van der Waals surface area contributed by atoms with Crippen LogP contribution in [0, 0.1) is 11.2 Å². The van der Waals surface area contributed by atoms with Crippen LogP contribution in [0.4, 0.5) is 8.78 Å². The molecular formula is C26H26F2N2O. The van der Waals surface area contributed by atoms with Crippen molar-refractivity contribution in [3.63, 3.8) is 0 Å². The molecular weight excluding hydrogens is 394 g/mol. The highest BCUT2D eigenvalue weighted by atomic mass is 19.1. The van der Waals surface area contributed by atoms with E-state index in [1.807, 2.05) is 43.3 Å². The molecule has 0 bridgehead atoms. The van der Waals surface area contributed by atoms with Gasteiger partial charge < -0.3 is 5.11 Å². The summed E-state index contributed by atoms with van der Waals surface area (Å²) in [5.41, 5.74) is 2.09. The third-order valence-electron chi connectivity index (χ3n) is 7.23. The Morgan fingerprint density at radius 2 is 1.87 bits per heavy atom. The van der Waals surface area contributed by atoms with Crippen LogP contribution in [0.3, 0.4) is 0 Å². The second-order valence-corrected chi connectivity index (χ2v) is 9.04. The molecule has 0 radical (unpaired) electrons. The maximum absolute atomic E-state index is 16.7. The van der Waals surface area contributed by atoms with Crippen LogP contribution in [0.2, 0.25) is 0 Å². The molecule has 0 saturated heterocycles. The van der Waals surface area contributed by atoms with Gasteiger partial charge in [-0.1, -0.05) is 42.8 Å². The predicted molar refractivity (Wildman–Crippen MR) is 117 cm³/mol. The molecule has 0 aliphatic heterocycles. The molecule has 5 heteroatoms. The second-order valence-electron chi connectivity index (χ2n) is 9.04. The molecule has 1 fully saturated rings. The Morgan fingerprint density at radius 1 is 1.13 bits per heavy atom. The van der Waals surface area contributed by atoms with E-state index in [1.165, 1.54) is 12.1 Å². The van der Waals surface area contributed by atoms with Crippen LogP contribution in [0.5, 0.6) is 0 Å². The first-order valence-corrected chi connectivity index (χ1v) is 10.9. The zero-order valence-electron chi connectivity index (χ0n) is 17.6. The van der Waals surface area contributed by atoms with Crippen LogP contribution in [0.15, 0.2) is 66.4 Å². The van der Waals surface area contributed by atoms with E-state index in [1.54, 1.807) is 23.0 Å². The average molecular weight is 421 g/mol.